The molecule has 7 heterocycles. The van der Waals surface area contributed by atoms with Crippen molar-refractivity contribution >= 4 is 87.4 Å². The Morgan fingerprint density at radius 3 is 1.18 bits per heavy atom. The molecule has 0 bridgehead atoms. The van der Waals surface area contributed by atoms with Crippen molar-refractivity contribution in [3.63, 3.8) is 0 Å². The molecule has 0 amide bonds. The lowest BCUT2D eigenvalue weighted by molar-refractivity contribution is 0.990. The normalized spacial score (nSPS) is 11.2. The first kappa shape index (κ1) is 34.5. The zero-order chi connectivity index (χ0) is 38.2. The van der Waals surface area contributed by atoms with Crippen LogP contribution < -0.4 is 0 Å². The van der Waals surface area contributed by atoms with Crippen LogP contribution in [0.25, 0.3) is 87.4 Å². The van der Waals surface area contributed by atoms with Crippen LogP contribution in [0.2, 0.25) is 0 Å². The molecule has 12 aromatic rings. The van der Waals surface area contributed by atoms with Crippen molar-refractivity contribution in [1.82, 2.24) is 33.2 Å². The Kier molecular flexibility index (Phi) is 8.95. The number of pyridine rings is 3. The third-order valence-electron chi connectivity index (χ3n) is 10.9. The Labute approximate surface area is 324 Å². The van der Waals surface area contributed by atoms with Gasteiger partial charge in [0.1, 0.15) is 5.65 Å². The topological polar surface area (TPSA) is 58.4 Å². The van der Waals surface area contributed by atoms with Gasteiger partial charge in [-0.25, -0.2) is 4.98 Å². The summed E-state index contributed by atoms with van der Waals surface area (Å²) in [5.74, 6) is 0. The van der Waals surface area contributed by atoms with E-state index in [-0.39, 0.29) is 0 Å². The van der Waals surface area contributed by atoms with E-state index < -0.39 is 0 Å². The minimum atomic E-state index is 1.05. The Morgan fingerprint density at radius 1 is 0.286 bits per heavy atom. The summed E-state index contributed by atoms with van der Waals surface area (Å²) in [6.45, 7) is 0. The molecule has 0 saturated carbocycles. The van der Waals surface area contributed by atoms with Gasteiger partial charge in [0.25, 0.3) is 0 Å². The molecule has 7 aromatic heterocycles. The first-order valence-corrected chi connectivity index (χ1v) is 18.8. The van der Waals surface area contributed by atoms with Crippen LogP contribution in [-0.2, 0) is 28.2 Å². The van der Waals surface area contributed by atoms with Crippen molar-refractivity contribution < 1.29 is 0 Å². The number of para-hydroxylation sites is 5. The van der Waals surface area contributed by atoms with E-state index in [1.54, 1.807) is 0 Å². The van der Waals surface area contributed by atoms with Crippen molar-refractivity contribution in [3.05, 3.63) is 177 Å². The highest BCUT2D eigenvalue weighted by atomic mass is 15.0. The summed E-state index contributed by atoms with van der Waals surface area (Å²) < 4.78 is 8.75. The molecule has 5 aromatic carbocycles. The predicted molar refractivity (Wildman–Crippen MR) is 235 cm³/mol. The number of aryl methyl sites for hydroxylation is 4. The van der Waals surface area contributed by atoms with Gasteiger partial charge in [-0.3, -0.25) is 9.97 Å². The first-order valence-electron chi connectivity index (χ1n) is 18.8. The van der Waals surface area contributed by atoms with Crippen LogP contribution in [0, 0.1) is 0 Å². The van der Waals surface area contributed by atoms with Gasteiger partial charge in [0, 0.05) is 118 Å². The molecule has 0 saturated heterocycles. The fraction of sp³-hybridized carbons (Fsp3) is 0.0816. The van der Waals surface area contributed by atoms with Crippen molar-refractivity contribution in [2.45, 2.75) is 0 Å². The SMILES string of the molecule is Cn1c2ccccc2c2ccccc21.Cn1c2ccccc2c2cccnc21.Cn1c2ccccc2c2ccncc21.Cn1c2ccccc2c2cnccc21. The molecule has 7 heteroatoms. The van der Waals surface area contributed by atoms with Gasteiger partial charge in [0.05, 0.1) is 22.7 Å². The van der Waals surface area contributed by atoms with E-state index >= 15 is 0 Å². The second kappa shape index (κ2) is 14.5. The smallest absolute Gasteiger partial charge is 0.140 e. The maximum atomic E-state index is 4.38. The highest BCUT2D eigenvalue weighted by Gasteiger charge is 2.09. The van der Waals surface area contributed by atoms with Crippen molar-refractivity contribution in [1.29, 1.82) is 0 Å². The average molecular weight is 728 g/mol. The van der Waals surface area contributed by atoms with Gasteiger partial charge in [-0.1, -0.05) is 91.0 Å². The lowest BCUT2D eigenvalue weighted by Crippen LogP contribution is -1.87. The highest BCUT2D eigenvalue weighted by molar-refractivity contribution is 6.09. The number of benzene rings is 5. The quantitative estimate of drug-likeness (QED) is 0.156. The number of hydrogen-bond donors (Lipinski definition) is 0. The molecule has 272 valence electrons. The molecular formula is C49H41N7. The second-order valence-electron chi connectivity index (χ2n) is 14.0. The molecule has 0 spiro atoms. The van der Waals surface area contributed by atoms with E-state index in [4.69, 9.17) is 0 Å². The van der Waals surface area contributed by atoms with Crippen LogP contribution in [0.5, 0.6) is 0 Å². The molecule has 0 aliphatic heterocycles. The Balaban J connectivity index is 0.0000000975. The summed E-state index contributed by atoms with van der Waals surface area (Å²) in [7, 11) is 8.33. The van der Waals surface area contributed by atoms with E-state index in [2.05, 4.69) is 201 Å². The molecule has 0 radical (unpaired) electrons. The van der Waals surface area contributed by atoms with E-state index in [1.165, 1.54) is 81.7 Å². The Bertz CT molecular complexity index is 2660. The summed E-state index contributed by atoms with van der Waals surface area (Å²) in [6, 6.07) is 50.5. The summed E-state index contributed by atoms with van der Waals surface area (Å²) in [5, 5.41) is 10.3. The van der Waals surface area contributed by atoms with E-state index in [9.17, 15) is 0 Å². The van der Waals surface area contributed by atoms with Crippen LogP contribution in [0.4, 0.5) is 0 Å². The minimum Gasteiger partial charge on any atom is -0.344 e. The van der Waals surface area contributed by atoms with E-state index in [0.29, 0.717) is 0 Å². The second-order valence-corrected chi connectivity index (χ2v) is 14.0. The van der Waals surface area contributed by atoms with E-state index in [1.807, 2.05) is 37.1 Å². The molecule has 12 rings (SSSR count). The Hall–Kier alpha value is -7.25. The van der Waals surface area contributed by atoms with E-state index in [0.717, 1.165) is 5.65 Å². The summed E-state index contributed by atoms with van der Waals surface area (Å²) >= 11 is 0. The van der Waals surface area contributed by atoms with Crippen molar-refractivity contribution in [2.24, 2.45) is 28.2 Å². The summed E-state index contributed by atoms with van der Waals surface area (Å²) in [5.41, 5.74) is 9.83. The molecule has 56 heavy (non-hydrogen) atoms. The Morgan fingerprint density at radius 2 is 0.643 bits per heavy atom. The molecule has 7 nitrogen and oxygen atoms in total. The van der Waals surface area contributed by atoms with Crippen molar-refractivity contribution in [2.75, 3.05) is 0 Å². The maximum Gasteiger partial charge on any atom is 0.140 e. The summed E-state index contributed by atoms with van der Waals surface area (Å²) in [6.07, 6.45) is 9.35. The molecule has 0 atom stereocenters. The lowest BCUT2D eigenvalue weighted by atomic mass is 10.2. The van der Waals surface area contributed by atoms with Gasteiger partial charge >= 0.3 is 0 Å². The van der Waals surface area contributed by atoms with Gasteiger partial charge in [0.2, 0.25) is 0 Å². The fourth-order valence-electron chi connectivity index (χ4n) is 8.12. The largest absolute Gasteiger partial charge is 0.344 e. The third-order valence-corrected chi connectivity index (χ3v) is 10.9. The van der Waals surface area contributed by atoms with Crippen LogP contribution in [0.1, 0.15) is 0 Å². The zero-order valence-electron chi connectivity index (χ0n) is 31.9. The number of nitrogens with zero attached hydrogens (tertiary/aromatic N) is 7. The molecular weight excluding hydrogens is 687 g/mol. The predicted octanol–water partition coefficient (Wildman–Crippen LogP) is 11.5. The van der Waals surface area contributed by atoms with Crippen LogP contribution in [0.3, 0.4) is 0 Å². The molecule has 0 fully saturated rings. The van der Waals surface area contributed by atoms with Gasteiger partial charge in [0.15, 0.2) is 0 Å². The standard InChI is InChI=1S/C13H11N.3C12H10N2/c1-14-12-8-4-2-6-10(12)11-7-3-5-9-13(11)14;1-14-11-7-3-2-5-9(11)10-6-4-8-13-12(10)14;1-14-11-5-3-2-4-9(11)10-8-13-7-6-12(10)14;1-14-11-5-3-2-4-9(11)10-6-7-13-8-12(10)14/h2-9H,1H3;3*2-8H,1H3. The van der Waals surface area contributed by atoms with Gasteiger partial charge in [-0.05, 0) is 54.6 Å². The summed E-state index contributed by atoms with van der Waals surface area (Å²) in [4.78, 5) is 12.7. The number of fused-ring (bicyclic) bond motifs is 12. The molecule has 0 aliphatic carbocycles. The zero-order valence-corrected chi connectivity index (χ0v) is 31.9. The van der Waals surface area contributed by atoms with Crippen LogP contribution in [-0.4, -0.2) is 33.2 Å². The molecule has 0 aliphatic rings. The lowest BCUT2D eigenvalue weighted by Gasteiger charge is -1.95. The van der Waals surface area contributed by atoms with Gasteiger partial charge < -0.3 is 18.3 Å². The highest BCUT2D eigenvalue weighted by Crippen LogP contribution is 2.29. The molecule has 0 N–H and O–H groups in total. The number of aromatic nitrogens is 7. The van der Waals surface area contributed by atoms with Crippen molar-refractivity contribution in [3.8, 4) is 0 Å². The van der Waals surface area contributed by atoms with Gasteiger partial charge in [-0.2, -0.15) is 0 Å². The third kappa shape index (κ3) is 5.90. The first-order chi connectivity index (χ1) is 27.5. The maximum absolute atomic E-state index is 4.38. The average Bonchev–Trinajstić information content (AvgIpc) is 3.94. The fourth-order valence-corrected chi connectivity index (χ4v) is 8.12. The van der Waals surface area contributed by atoms with Gasteiger partial charge in [-0.15, -0.1) is 0 Å². The van der Waals surface area contributed by atoms with Crippen LogP contribution in [0.15, 0.2) is 177 Å². The minimum absolute atomic E-state index is 1.05. The number of hydrogen-bond acceptors (Lipinski definition) is 3. The number of rotatable bonds is 0. The monoisotopic (exact) mass is 727 g/mol. The van der Waals surface area contributed by atoms with Crippen LogP contribution >= 0.6 is 0 Å². The molecule has 0 unspecified atom stereocenters.